The van der Waals surface area contributed by atoms with Crippen molar-refractivity contribution in [1.29, 1.82) is 0 Å². The van der Waals surface area contributed by atoms with Gasteiger partial charge in [-0.2, -0.15) is 0 Å². The van der Waals surface area contributed by atoms with Gasteiger partial charge in [-0.05, 0) is 33.1 Å². The molecule has 1 amide bonds. The summed E-state index contributed by atoms with van der Waals surface area (Å²) >= 11 is 0. The lowest BCUT2D eigenvalue weighted by atomic mass is 10.2. The summed E-state index contributed by atoms with van der Waals surface area (Å²) in [5.74, 6) is 0.442. The molecule has 0 rings (SSSR count). The quantitative estimate of drug-likeness (QED) is 0.673. The van der Waals surface area contributed by atoms with Crippen molar-refractivity contribution < 1.29 is 9.53 Å². The van der Waals surface area contributed by atoms with Gasteiger partial charge in [0.05, 0.1) is 0 Å². The maximum absolute atomic E-state index is 11.9. The molecule has 0 aromatic carbocycles. The summed E-state index contributed by atoms with van der Waals surface area (Å²) in [4.78, 5) is 13.6. The molecule has 3 nitrogen and oxygen atoms in total. The third-order valence-electron chi connectivity index (χ3n) is 1.84. The van der Waals surface area contributed by atoms with Crippen molar-refractivity contribution in [3.8, 4) is 0 Å². The molecule has 0 unspecified atom stereocenters. The molecular formula is C13H25NO2. The van der Waals surface area contributed by atoms with E-state index in [9.17, 15) is 4.79 Å². The molecule has 16 heavy (non-hydrogen) atoms. The van der Waals surface area contributed by atoms with Crippen LogP contribution < -0.4 is 0 Å². The Hall–Kier alpha value is -0.990. The third kappa shape index (κ3) is 7.32. The summed E-state index contributed by atoms with van der Waals surface area (Å²) in [7, 11) is 0. The molecule has 0 aliphatic carbocycles. The first kappa shape index (κ1) is 15.0. The molecule has 0 radical (unpaired) electrons. The lowest BCUT2D eigenvalue weighted by Crippen LogP contribution is -2.39. The molecule has 0 N–H and O–H groups in total. The summed E-state index contributed by atoms with van der Waals surface area (Å²) in [5, 5.41) is 0. The Bertz CT molecular complexity index is 229. The van der Waals surface area contributed by atoms with Crippen LogP contribution in [0.4, 0.5) is 4.79 Å². The van der Waals surface area contributed by atoms with Crippen molar-refractivity contribution in [2.45, 2.75) is 46.6 Å². The number of nitrogens with zero attached hydrogens (tertiary/aromatic N) is 1. The van der Waals surface area contributed by atoms with Gasteiger partial charge in [0.2, 0.25) is 0 Å². The zero-order valence-corrected chi connectivity index (χ0v) is 11.2. The SMILES string of the molecule is C=CCCN(CC(C)C)C(=O)OC(C)(C)C. The van der Waals surface area contributed by atoms with Crippen LogP contribution in [-0.4, -0.2) is 29.7 Å². The fourth-order valence-electron chi connectivity index (χ4n) is 1.27. The predicted octanol–water partition coefficient (Wildman–Crippen LogP) is 3.46. The molecule has 0 bridgehead atoms. The van der Waals surface area contributed by atoms with Crippen molar-refractivity contribution in [1.82, 2.24) is 4.90 Å². The van der Waals surface area contributed by atoms with Crippen LogP contribution in [0.25, 0.3) is 0 Å². The number of hydrogen-bond acceptors (Lipinski definition) is 2. The fraction of sp³-hybridized carbons (Fsp3) is 0.769. The van der Waals surface area contributed by atoms with Gasteiger partial charge in [-0.1, -0.05) is 19.9 Å². The van der Waals surface area contributed by atoms with E-state index >= 15 is 0 Å². The van der Waals surface area contributed by atoms with E-state index in [-0.39, 0.29) is 6.09 Å². The maximum atomic E-state index is 11.9. The van der Waals surface area contributed by atoms with E-state index < -0.39 is 5.60 Å². The van der Waals surface area contributed by atoms with E-state index in [1.165, 1.54) is 0 Å². The van der Waals surface area contributed by atoms with Gasteiger partial charge in [0, 0.05) is 13.1 Å². The highest BCUT2D eigenvalue weighted by Gasteiger charge is 2.21. The van der Waals surface area contributed by atoms with E-state index in [1.54, 1.807) is 4.90 Å². The summed E-state index contributed by atoms with van der Waals surface area (Å²) in [5.41, 5.74) is -0.430. The highest BCUT2D eigenvalue weighted by atomic mass is 16.6. The van der Waals surface area contributed by atoms with Gasteiger partial charge in [0.1, 0.15) is 5.60 Å². The van der Waals surface area contributed by atoms with Crippen molar-refractivity contribution >= 4 is 6.09 Å². The molecule has 0 saturated heterocycles. The Balaban J connectivity index is 4.36. The van der Waals surface area contributed by atoms with E-state index in [2.05, 4.69) is 20.4 Å². The minimum absolute atomic E-state index is 0.233. The Morgan fingerprint density at radius 3 is 2.38 bits per heavy atom. The molecule has 94 valence electrons. The van der Waals surface area contributed by atoms with Gasteiger partial charge in [0.25, 0.3) is 0 Å². The highest BCUT2D eigenvalue weighted by Crippen LogP contribution is 2.11. The molecule has 0 spiro atoms. The van der Waals surface area contributed by atoms with Gasteiger partial charge in [0.15, 0.2) is 0 Å². The molecule has 0 fully saturated rings. The average Bonchev–Trinajstić information content (AvgIpc) is 2.08. The van der Waals surface area contributed by atoms with E-state index in [4.69, 9.17) is 4.74 Å². The van der Waals surface area contributed by atoms with Crippen LogP contribution in [0.3, 0.4) is 0 Å². The predicted molar refractivity (Wildman–Crippen MR) is 67.5 cm³/mol. The van der Waals surface area contributed by atoms with E-state index in [0.29, 0.717) is 12.5 Å². The Kier molecular flexibility index (Phi) is 6.16. The van der Waals surface area contributed by atoms with Crippen LogP contribution in [0.1, 0.15) is 41.0 Å². The summed E-state index contributed by atoms with van der Waals surface area (Å²) < 4.78 is 5.35. The average molecular weight is 227 g/mol. The second kappa shape index (κ2) is 6.56. The van der Waals surface area contributed by atoms with Crippen molar-refractivity contribution in [3.05, 3.63) is 12.7 Å². The third-order valence-corrected chi connectivity index (χ3v) is 1.84. The smallest absolute Gasteiger partial charge is 0.410 e. The van der Waals surface area contributed by atoms with Crippen molar-refractivity contribution in [2.24, 2.45) is 5.92 Å². The zero-order valence-electron chi connectivity index (χ0n) is 11.2. The van der Waals surface area contributed by atoms with Gasteiger partial charge in [-0.15, -0.1) is 6.58 Å². The summed E-state index contributed by atoms with van der Waals surface area (Å²) in [6.07, 6.45) is 2.38. The number of carbonyl (C=O) groups is 1. The van der Waals surface area contributed by atoms with E-state index in [1.807, 2.05) is 26.8 Å². The number of carbonyl (C=O) groups excluding carboxylic acids is 1. The van der Waals surface area contributed by atoms with Crippen LogP contribution in [0.15, 0.2) is 12.7 Å². The summed E-state index contributed by atoms with van der Waals surface area (Å²) in [6.45, 7) is 14.9. The minimum Gasteiger partial charge on any atom is -0.444 e. The lowest BCUT2D eigenvalue weighted by molar-refractivity contribution is 0.0232. The maximum Gasteiger partial charge on any atom is 0.410 e. The standard InChI is InChI=1S/C13H25NO2/c1-7-8-9-14(10-11(2)3)12(15)16-13(4,5)6/h7,11H,1,8-10H2,2-6H3. The molecule has 0 aromatic rings. The number of ether oxygens (including phenoxy) is 1. The number of rotatable bonds is 5. The van der Waals surface area contributed by atoms with Crippen molar-refractivity contribution in [2.75, 3.05) is 13.1 Å². The monoisotopic (exact) mass is 227 g/mol. The van der Waals surface area contributed by atoms with Crippen LogP contribution in [0.2, 0.25) is 0 Å². The molecule has 0 aliphatic rings. The van der Waals surface area contributed by atoms with Gasteiger partial charge in [-0.3, -0.25) is 0 Å². The normalized spacial score (nSPS) is 11.4. The van der Waals surface area contributed by atoms with Crippen LogP contribution in [0.5, 0.6) is 0 Å². The number of amides is 1. The molecule has 0 aromatic heterocycles. The molecular weight excluding hydrogens is 202 g/mol. The molecule has 0 atom stereocenters. The van der Waals surface area contributed by atoms with Crippen LogP contribution in [-0.2, 0) is 4.74 Å². The Labute approximate surface area is 99.5 Å². The van der Waals surface area contributed by atoms with Gasteiger partial charge < -0.3 is 9.64 Å². The first-order valence-electron chi connectivity index (χ1n) is 5.85. The topological polar surface area (TPSA) is 29.5 Å². The molecule has 0 aliphatic heterocycles. The molecule has 0 heterocycles. The van der Waals surface area contributed by atoms with Crippen LogP contribution >= 0.6 is 0 Å². The van der Waals surface area contributed by atoms with Crippen LogP contribution in [0, 0.1) is 5.92 Å². The Morgan fingerprint density at radius 2 is 2.00 bits per heavy atom. The van der Waals surface area contributed by atoms with Crippen molar-refractivity contribution in [3.63, 3.8) is 0 Å². The molecule has 0 saturated carbocycles. The highest BCUT2D eigenvalue weighted by molar-refractivity contribution is 5.68. The first-order valence-corrected chi connectivity index (χ1v) is 5.85. The van der Waals surface area contributed by atoms with E-state index in [0.717, 1.165) is 13.0 Å². The fourth-order valence-corrected chi connectivity index (χ4v) is 1.27. The second-order valence-corrected chi connectivity index (χ2v) is 5.40. The number of hydrogen-bond donors (Lipinski definition) is 0. The van der Waals surface area contributed by atoms with Gasteiger partial charge >= 0.3 is 6.09 Å². The van der Waals surface area contributed by atoms with Gasteiger partial charge in [-0.25, -0.2) is 4.79 Å². The molecule has 3 heteroatoms. The second-order valence-electron chi connectivity index (χ2n) is 5.40. The summed E-state index contributed by atoms with van der Waals surface area (Å²) in [6, 6.07) is 0. The first-order chi connectivity index (χ1) is 7.26. The minimum atomic E-state index is -0.430. The zero-order chi connectivity index (χ0) is 12.8. The lowest BCUT2D eigenvalue weighted by Gasteiger charge is -2.28. The Morgan fingerprint density at radius 1 is 1.44 bits per heavy atom. The largest absolute Gasteiger partial charge is 0.444 e.